The summed E-state index contributed by atoms with van der Waals surface area (Å²) in [7, 11) is 0. The van der Waals surface area contributed by atoms with Crippen LogP contribution in [0, 0.1) is 34.0 Å². The standard InChI is InChI=1S/C24H15N3/c25-7-13-1-10-4-16(13)22-19(10)23-17-5-12(3-14(17)8-26)21(23)24-18-6-11(20(22)24)2-15(18)9-27/h1-3,10-12,16-18H,4-6H2/t10-,11-,12-,16-,17-,18-/m1/s1. The molecule has 6 bridgehead atoms. The molecule has 0 amide bonds. The molecule has 0 spiro atoms. The minimum Gasteiger partial charge on any atom is -0.193 e. The second-order valence-electron chi connectivity index (χ2n) is 8.87. The van der Waals surface area contributed by atoms with Crippen LogP contribution in [0.3, 0.4) is 0 Å². The van der Waals surface area contributed by atoms with Gasteiger partial charge in [-0.25, -0.2) is 0 Å². The fraction of sp³-hybridized carbons (Fsp3) is 0.375. The van der Waals surface area contributed by atoms with Crippen LogP contribution in [-0.4, -0.2) is 0 Å². The van der Waals surface area contributed by atoms with Crippen LogP contribution >= 0.6 is 0 Å². The Morgan fingerprint density at radius 3 is 1.07 bits per heavy atom. The topological polar surface area (TPSA) is 71.4 Å². The third-order valence-electron chi connectivity index (χ3n) is 8.02. The molecular weight excluding hydrogens is 330 g/mol. The Morgan fingerprint density at radius 2 is 0.815 bits per heavy atom. The van der Waals surface area contributed by atoms with Crippen molar-refractivity contribution in [2.45, 2.75) is 54.8 Å². The van der Waals surface area contributed by atoms with Gasteiger partial charge in [-0.1, -0.05) is 18.2 Å². The Morgan fingerprint density at radius 1 is 0.519 bits per heavy atom. The Hall–Kier alpha value is -3.09. The van der Waals surface area contributed by atoms with Gasteiger partial charge in [-0.05, 0) is 52.6 Å². The molecule has 6 atom stereocenters. The lowest BCUT2D eigenvalue weighted by molar-refractivity contribution is 0.768. The van der Waals surface area contributed by atoms with E-state index >= 15 is 0 Å². The summed E-state index contributed by atoms with van der Waals surface area (Å²) in [5.74, 6) is 1.74. The predicted molar refractivity (Wildman–Crippen MR) is 97.8 cm³/mol. The number of fused-ring (bicyclic) bond motifs is 18. The maximum absolute atomic E-state index is 9.63. The van der Waals surface area contributed by atoms with E-state index in [-0.39, 0.29) is 17.8 Å². The van der Waals surface area contributed by atoms with E-state index in [2.05, 4.69) is 36.4 Å². The maximum Gasteiger partial charge on any atom is 0.0950 e. The number of allylic oxidation sites excluding steroid dienone is 6. The van der Waals surface area contributed by atoms with Crippen LogP contribution in [0.15, 0.2) is 34.9 Å². The average Bonchev–Trinajstić information content (AvgIpc) is 3.51. The smallest absolute Gasteiger partial charge is 0.0950 e. The number of hydrogen-bond acceptors (Lipinski definition) is 3. The fourth-order valence-corrected chi connectivity index (χ4v) is 7.31. The van der Waals surface area contributed by atoms with E-state index in [1.807, 2.05) is 0 Å². The zero-order valence-electron chi connectivity index (χ0n) is 14.7. The van der Waals surface area contributed by atoms with E-state index in [0.717, 1.165) is 36.0 Å². The van der Waals surface area contributed by atoms with Gasteiger partial charge in [0.05, 0.1) is 18.2 Å². The minimum atomic E-state index is 0.237. The molecule has 0 aromatic heterocycles. The second-order valence-corrected chi connectivity index (χ2v) is 8.87. The summed E-state index contributed by atoms with van der Waals surface area (Å²) in [4.78, 5) is 0. The molecule has 3 nitrogen and oxygen atoms in total. The molecule has 7 rings (SSSR count). The molecule has 1 aromatic carbocycles. The first-order valence-electron chi connectivity index (χ1n) is 9.83. The van der Waals surface area contributed by atoms with Crippen molar-refractivity contribution in [3.8, 4) is 18.2 Å². The molecule has 6 aliphatic rings. The van der Waals surface area contributed by atoms with Crippen LogP contribution in [-0.2, 0) is 0 Å². The van der Waals surface area contributed by atoms with Gasteiger partial charge in [0.15, 0.2) is 0 Å². The number of nitrogens with zero attached hydrogens (tertiary/aromatic N) is 3. The highest BCUT2D eigenvalue weighted by Crippen LogP contribution is 2.68. The molecule has 0 heterocycles. The fourth-order valence-electron chi connectivity index (χ4n) is 7.31. The first-order valence-corrected chi connectivity index (χ1v) is 9.83. The molecule has 0 aliphatic heterocycles. The molecular formula is C24H15N3. The Kier molecular flexibility index (Phi) is 2.20. The summed E-state index contributed by atoms with van der Waals surface area (Å²) in [5.41, 5.74) is 11.4. The number of benzene rings is 1. The van der Waals surface area contributed by atoms with Crippen molar-refractivity contribution in [3.05, 3.63) is 68.3 Å². The van der Waals surface area contributed by atoms with Crippen LogP contribution in [0.25, 0.3) is 0 Å². The van der Waals surface area contributed by atoms with Crippen molar-refractivity contribution in [3.63, 3.8) is 0 Å². The molecule has 3 heteroatoms. The summed E-state index contributed by atoms with van der Waals surface area (Å²) in [6, 6.07) is 7.33. The van der Waals surface area contributed by atoms with Crippen LogP contribution in [0.5, 0.6) is 0 Å². The largest absolute Gasteiger partial charge is 0.193 e. The van der Waals surface area contributed by atoms with Crippen LogP contribution in [0.1, 0.15) is 88.2 Å². The maximum atomic E-state index is 9.63. The van der Waals surface area contributed by atoms with E-state index in [1.165, 1.54) is 33.4 Å². The predicted octanol–water partition coefficient (Wildman–Crippen LogP) is 4.79. The highest BCUT2D eigenvalue weighted by atomic mass is 14.6. The number of hydrogen-bond donors (Lipinski definition) is 0. The van der Waals surface area contributed by atoms with Crippen molar-refractivity contribution in [1.29, 1.82) is 15.8 Å². The monoisotopic (exact) mass is 345 g/mol. The summed E-state index contributed by atoms with van der Waals surface area (Å²) in [6.45, 7) is 0. The first-order chi connectivity index (χ1) is 13.2. The molecule has 0 radical (unpaired) electrons. The normalized spacial score (nSPS) is 37.0. The SMILES string of the molecule is N#CC1=C[C@@H]2C[C@H]1c1c2c2c(c3c1[C@@H]1C=C(C#N)[C@H]3C1)[C@@H]1C=C(C#N)[C@H]2C1. The minimum absolute atomic E-state index is 0.237. The Balaban J connectivity index is 1.59. The van der Waals surface area contributed by atoms with Gasteiger partial charge < -0.3 is 0 Å². The molecule has 0 fully saturated rings. The van der Waals surface area contributed by atoms with Gasteiger partial charge in [0.25, 0.3) is 0 Å². The van der Waals surface area contributed by atoms with Crippen LogP contribution in [0.4, 0.5) is 0 Å². The first kappa shape index (κ1) is 14.0. The third kappa shape index (κ3) is 1.33. The van der Waals surface area contributed by atoms with Crippen molar-refractivity contribution in [1.82, 2.24) is 0 Å². The van der Waals surface area contributed by atoms with Gasteiger partial charge in [0, 0.05) is 52.2 Å². The molecule has 126 valence electrons. The van der Waals surface area contributed by atoms with E-state index < -0.39 is 0 Å². The van der Waals surface area contributed by atoms with Gasteiger partial charge in [-0.2, -0.15) is 15.8 Å². The molecule has 1 aromatic rings. The molecule has 6 aliphatic carbocycles. The average molecular weight is 345 g/mol. The van der Waals surface area contributed by atoms with Crippen LogP contribution < -0.4 is 0 Å². The molecule has 27 heavy (non-hydrogen) atoms. The lowest BCUT2D eigenvalue weighted by Crippen LogP contribution is -2.15. The van der Waals surface area contributed by atoms with Crippen molar-refractivity contribution >= 4 is 0 Å². The van der Waals surface area contributed by atoms with E-state index in [4.69, 9.17) is 0 Å². The molecule has 0 saturated carbocycles. The van der Waals surface area contributed by atoms with E-state index in [9.17, 15) is 15.8 Å². The highest BCUT2D eigenvalue weighted by molar-refractivity contribution is 5.75. The lowest BCUT2D eigenvalue weighted by atomic mass is 9.73. The molecule has 0 saturated heterocycles. The van der Waals surface area contributed by atoms with Crippen molar-refractivity contribution < 1.29 is 0 Å². The third-order valence-corrected chi connectivity index (χ3v) is 8.02. The van der Waals surface area contributed by atoms with Crippen molar-refractivity contribution in [2.24, 2.45) is 0 Å². The quantitative estimate of drug-likeness (QED) is 0.678. The summed E-state index contributed by atoms with van der Waals surface area (Å²) < 4.78 is 0. The van der Waals surface area contributed by atoms with Crippen LogP contribution in [0.2, 0.25) is 0 Å². The zero-order chi connectivity index (χ0) is 18.0. The van der Waals surface area contributed by atoms with Gasteiger partial charge in [0.1, 0.15) is 0 Å². The number of rotatable bonds is 0. The van der Waals surface area contributed by atoms with Gasteiger partial charge in [0.2, 0.25) is 0 Å². The Labute approximate surface area is 157 Å². The summed E-state index contributed by atoms with van der Waals surface area (Å²) in [6.07, 6.45) is 9.63. The molecule has 0 N–H and O–H groups in total. The lowest BCUT2D eigenvalue weighted by Gasteiger charge is -2.30. The Bertz CT molecular complexity index is 1050. The summed E-state index contributed by atoms with van der Waals surface area (Å²) >= 11 is 0. The second kappa shape index (κ2) is 4.24. The molecule has 0 unspecified atom stereocenters. The van der Waals surface area contributed by atoms with Crippen molar-refractivity contribution in [2.75, 3.05) is 0 Å². The highest BCUT2D eigenvalue weighted by Gasteiger charge is 2.54. The van der Waals surface area contributed by atoms with E-state index in [1.54, 1.807) is 0 Å². The van der Waals surface area contributed by atoms with Gasteiger partial charge >= 0.3 is 0 Å². The number of nitriles is 3. The zero-order valence-corrected chi connectivity index (χ0v) is 14.7. The van der Waals surface area contributed by atoms with Gasteiger partial charge in [-0.3, -0.25) is 0 Å². The van der Waals surface area contributed by atoms with Gasteiger partial charge in [-0.15, -0.1) is 0 Å². The summed E-state index contributed by atoms with van der Waals surface area (Å²) in [5, 5.41) is 28.9. The van der Waals surface area contributed by atoms with E-state index in [0.29, 0.717) is 17.8 Å².